The molecule has 0 saturated heterocycles. The van der Waals surface area contributed by atoms with Crippen LogP contribution in [0.4, 0.5) is 0 Å². The summed E-state index contributed by atoms with van der Waals surface area (Å²) in [5.74, 6) is 0.346. The van der Waals surface area contributed by atoms with Crippen LogP contribution in [0.1, 0.15) is 22.3 Å². The maximum Gasteiger partial charge on any atom is 0.243 e. The van der Waals surface area contributed by atoms with Crippen LogP contribution in [0.5, 0.6) is 5.75 Å². The molecule has 0 aliphatic carbocycles. The molecule has 4 rings (SSSR count). The third-order valence-electron chi connectivity index (χ3n) is 6.24. The number of nitrogens with zero attached hydrogens (tertiary/aromatic N) is 2. The van der Waals surface area contributed by atoms with E-state index in [0.717, 1.165) is 28.0 Å². The summed E-state index contributed by atoms with van der Waals surface area (Å²) in [6, 6.07) is 27.5. The van der Waals surface area contributed by atoms with Crippen molar-refractivity contribution in [1.82, 2.24) is 15.2 Å². The predicted octanol–water partition coefficient (Wildman–Crippen LogP) is 5.24. The number of ether oxygens (including phenoxy) is 1. The third-order valence-corrected chi connectivity index (χ3v) is 6.49. The van der Waals surface area contributed by atoms with E-state index < -0.39 is 6.04 Å². The molecule has 0 spiro atoms. The lowest BCUT2D eigenvalue weighted by atomic mass is 10.0. The molecule has 2 amide bonds. The van der Waals surface area contributed by atoms with Gasteiger partial charge in [0.25, 0.3) is 0 Å². The summed E-state index contributed by atoms with van der Waals surface area (Å²) >= 11 is 6.05. The second kappa shape index (κ2) is 13.4. The summed E-state index contributed by atoms with van der Waals surface area (Å²) in [5, 5.41) is 3.62. The molecular weight excluding hydrogens is 498 g/mol. The number of hydrogen-bond acceptors (Lipinski definition) is 4. The van der Waals surface area contributed by atoms with Crippen molar-refractivity contribution >= 4 is 23.4 Å². The molecule has 0 radical (unpaired) electrons. The van der Waals surface area contributed by atoms with E-state index in [0.29, 0.717) is 18.0 Å². The number of pyridine rings is 1. The van der Waals surface area contributed by atoms with Crippen molar-refractivity contribution < 1.29 is 14.3 Å². The van der Waals surface area contributed by atoms with Crippen molar-refractivity contribution in [2.24, 2.45) is 0 Å². The molecule has 4 aromatic rings. The number of rotatable bonds is 11. The van der Waals surface area contributed by atoms with Gasteiger partial charge in [0.2, 0.25) is 11.8 Å². The third kappa shape index (κ3) is 7.67. The van der Waals surface area contributed by atoms with Gasteiger partial charge in [-0.15, -0.1) is 0 Å². The van der Waals surface area contributed by atoms with Gasteiger partial charge >= 0.3 is 0 Å². The molecule has 0 fully saturated rings. The van der Waals surface area contributed by atoms with E-state index in [1.54, 1.807) is 36.5 Å². The van der Waals surface area contributed by atoms with Gasteiger partial charge in [-0.2, -0.15) is 0 Å². The first-order valence-electron chi connectivity index (χ1n) is 12.4. The van der Waals surface area contributed by atoms with Crippen LogP contribution in [0.2, 0.25) is 5.02 Å². The fourth-order valence-corrected chi connectivity index (χ4v) is 4.30. The van der Waals surface area contributed by atoms with Crippen molar-refractivity contribution in [3.63, 3.8) is 0 Å². The summed E-state index contributed by atoms with van der Waals surface area (Å²) in [5.41, 5.74) is 3.57. The van der Waals surface area contributed by atoms with Gasteiger partial charge in [0.1, 0.15) is 11.8 Å². The minimum Gasteiger partial charge on any atom is -0.497 e. The van der Waals surface area contributed by atoms with Crippen LogP contribution in [0.25, 0.3) is 0 Å². The molecule has 0 saturated carbocycles. The van der Waals surface area contributed by atoms with E-state index in [9.17, 15) is 9.59 Å². The zero-order valence-electron chi connectivity index (χ0n) is 21.2. The van der Waals surface area contributed by atoms with Crippen molar-refractivity contribution in [2.45, 2.75) is 32.0 Å². The number of hydrogen-bond donors (Lipinski definition) is 1. The van der Waals surface area contributed by atoms with Gasteiger partial charge in [-0.1, -0.05) is 72.3 Å². The Morgan fingerprint density at radius 1 is 0.868 bits per heavy atom. The van der Waals surface area contributed by atoms with Gasteiger partial charge in [-0.3, -0.25) is 14.6 Å². The summed E-state index contributed by atoms with van der Waals surface area (Å²) in [7, 11) is 1.61. The number of aromatic nitrogens is 1. The standard InChI is InChI=1S/C31H30ClN3O3/c1-38-28-15-11-25(12-16-28)22-35(30(36)19-24-9-13-27(32)14-10-24)29(18-23-6-3-2-4-7-23)31(37)34-21-26-8-5-17-33-20-26/h2-17,20,29H,18-19,21-22H2,1H3,(H,34,37)/t29-/m1/s1. The minimum atomic E-state index is -0.726. The second-order valence-electron chi connectivity index (χ2n) is 8.96. The van der Waals surface area contributed by atoms with E-state index >= 15 is 0 Å². The van der Waals surface area contributed by atoms with Crippen LogP contribution >= 0.6 is 11.6 Å². The average Bonchev–Trinajstić information content (AvgIpc) is 2.96. The number of nitrogens with one attached hydrogen (secondary N) is 1. The molecule has 194 valence electrons. The molecule has 0 unspecified atom stereocenters. The van der Waals surface area contributed by atoms with Gasteiger partial charge in [0.15, 0.2) is 0 Å². The van der Waals surface area contributed by atoms with Crippen LogP contribution in [0, 0.1) is 0 Å². The Bertz CT molecular complexity index is 1310. The number of methoxy groups -OCH3 is 1. The second-order valence-corrected chi connectivity index (χ2v) is 9.39. The van der Waals surface area contributed by atoms with Crippen molar-refractivity contribution in [3.05, 3.63) is 131 Å². The molecular formula is C31H30ClN3O3. The van der Waals surface area contributed by atoms with Crippen molar-refractivity contribution in [2.75, 3.05) is 7.11 Å². The molecule has 38 heavy (non-hydrogen) atoms. The lowest BCUT2D eigenvalue weighted by Crippen LogP contribution is -2.50. The largest absolute Gasteiger partial charge is 0.497 e. The normalized spacial score (nSPS) is 11.4. The predicted molar refractivity (Wildman–Crippen MR) is 149 cm³/mol. The molecule has 0 bridgehead atoms. The Hall–Kier alpha value is -4.16. The van der Waals surface area contributed by atoms with Gasteiger partial charge in [0.05, 0.1) is 13.5 Å². The summed E-state index contributed by atoms with van der Waals surface area (Å²) < 4.78 is 5.29. The smallest absolute Gasteiger partial charge is 0.243 e. The number of halogens is 1. The summed E-state index contributed by atoms with van der Waals surface area (Å²) in [6.07, 6.45) is 3.93. The monoisotopic (exact) mass is 527 g/mol. The molecule has 0 aliphatic heterocycles. The highest BCUT2D eigenvalue weighted by atomic mass is 35.5. The fraction of sp³-hybridized carbons (Fsp3) is 0.194. The first kappa shape index (κ1) is 26.9. The van der Waals surface area contributed by atoms with Crippen molar-refractivity contribution in [1.29, 1.82) is 0 Å². The number of amides is 2. The van der Waals surface area contributed by atoms with E-state index in [1.165, 1.54) is 0 Å². The molecule has 1 aromatic heterocycles. The first-order chi connectivity index (χ1) is 18.5. The molecule has 1 N–H and O–H groups in total. The van der Waals surface area contributed by atoms with Crippen LogP contribution < -0.4 is 10.1 Å². The van der Waals surface area contributed by atoms with Crippen LogP contribution in [-0.2, 0) is 35.5 Å². The van der Waals surface area contributed by atoms with Crippen LogP contribution in [0.3, 0.4) is 0 Å². The molecule has 3 aromatic carbocycles. The quantitative estimate of drug-likeness (QED) is 0.289. The minimum absolute atomic E-state index is 0.147. The van der Waals surface area contributed by atoms with Gasteiger partial charge in [-0.25, -0.2) is 0 Å². The Morgan fingerprint density at radius 3 is 2.21 bits per heavy atom. The Morgan fingerprint density at radius 2 is 1.55 bits per heavy atom. The number of benzene rings is 3. The molecule has 1 heterocycles. The summed E-state index contributed by atoms with van der Waals surface area (Å²) in [4.78, 5) is 33.3. The molecule has 0 aliphatic rings. The fourth-order valence-electron chi connectivity index (χ4n) is 4.17. The van der Waals surface area contributed by atoms with E-state index in [2.05, 4.69) is 10.3 Å². The lowest BCUT2D eigenvalue weighted by Gasteiger charge is -2.32. The van der Waals surface area contributed by atoms with Crippen molar-refractivity contribution in [3.8, 4) is 5.75 Å². The first-order valence-corrected chi connectivity index (χ1v) is 12.8. The van der Waals surface area contributed by atoms with Gasteiger partial charge < -0.3 is 15.0 Å². The maximum atomic E-state index is 13.8. The Kier molecular flexibility index (Phi) is 9.48. The van der Waals surface area contributed by atoms with Gasteiger partial charge in [0, 0.05) is 36.9 Å². The van der Waals surface area contributed by atoms with E-state index in [1.807, 2.05) is 78.9 Å². The highest BCUT2D eigenvalue weighted by Gasteiger charge is 2.30. The summed E-state index contributed by atoms with van der Waals surface area (Å²) in [6.45, 7) is 0.591. The highest BCUT2D eigenvalue weighted by molar-refractivity contribution is 6.30. The number of carbonyl (C=O) groups excluding carboxylic acids is 2. The lowest BCUT2D eigenvalue weighted by molar-refractivity contribution is -0.140. The van der Waals surface area contributed by atoms with E-state index in [-0.39, 0.29) is 24.8 Å². The molecule has 6 nitrogen and oxygen atoms in total. The Balaban J connectivity index is 1.64. The van der Waals surface area contributed by atoms with Crippen LogP contribution in [0.15, 0.2) is 103 Å². The molecule has 7 heteroatoms. The Labute approximate surface area is 228 Å². The van der Waals surface area contributed by atoms with E-state index in [4.69, 9.17) is 16.3 Å². The highest BCUT2D eigenvalue weighted by Crippen LogP contribution is 2.19. The van der Waals surface area contributed by atoms with Gasteiger partial charge in [-0.05, 0) is 52.6 Å². The average molecular weight is 528 g/mol. The number of carbonyl (C=O) groups is 2. The SMILES string of the molecule is COc1ccc(CN(C(=O)Cc2ccc(Cl)cc2)[C@H](Cc2ccccc2)C(=O)NCc2cccnc2)cc1. The zero-order chi connectivity index (χ0) is 26.7. The maximum absolute atomic E-state index is 13.8. The zero-order valence-corrected chi connectivity index (χ0v) is 22.0. The van der Waals surface area contributed by atoms with Crippen LogP contribution in [-0.4, -0.2) is 34.8 Å². The topological polar surface area (TPSA) is 71.5 Å². The molecule has 1 atom stereocenters.